The number of nitriles is 1. The fraction of sp³-hybridized carbons (Fsp3) is 0.385. The van der Waals surface area contributed by atoms with E-state index >= 15 is 0 Å². The Bertz CT molecular complexity index is 480. The van der Waals surface area contributed by atoms with Crippen LogP contribution in [0.4, 0.5) is 5.69 Å². The molecule has 5 heteroatoms. The molecule has 2 N–H and O–H groups in total. The first kappa shape index (κ1) is 13.8. The van der Waals surface area contributed by atoms with Gasteiger partial charge in [0.2, 0.25) is 0 Å². The summed E-state index contributed by atoms with van der Waals surface area (Å²) in [5.74, 6) is 0.147. The van der Waals surface area contributed by atoms with E-state index in [2.05, 4.69) is 6.07 Å². The van der Waals surface area contributed by atoms with Crippen molar-refractivity contribution in [2.24, 2.45) is 5.92 Å². The molecule has 0 saturated heterocycles. The molecule has 0 radical (unpaired) electrons. The van der Waals surface area contributed by atoms with Crippen LogP contribution in [0, 0.1) is 17.2 Å². The summed E-state index contributed by atoms with van der Waals surface area (Å²) in [5, 5.41) is 8.74. The average Bonchev–Trinajstić information content (AvgIpc) is 2.38. The minimum atomic E-state index is -0.217. The van der Waals surface area contributed by atoms with Crippen LogP contribution < -0.4 is 10.5 Å². The van der Waals surface area contributed by atoms with Gasteiger partial charge in [-0.2, -0.15) is 5.26 Å². The second-order valence-corrected chi connectivity index (χ2v) is 4.17. The smallest absolute Gasteiger partial charge is 0.255 e. The molecule has 0 saturated carbocycles. The van der Waals surface area contributed by atoms with Gasteiger partial charge >= 0.3 is 0 Å². The average molecular weight is 247 g/mol. The number of hydrogen-bond donors (Lipinski definition) is 1. The summed E-state index contributed by atoms with van der Waals surface area (Å²) in [5.41, 5.74) is 6.57. The van der Waals surface area contributed by atoms with Gasteiger partial charge in [-0.1, -0.05) is 0 Å². The van der Waals surface area contributed by atoms with Crippen molar-refractivity contribution in [1.29, 1.82) is 5.26 Å². The lowest BCUT2D eigenvalue weighted by molar-refractivity contribution is 0.0786. The van der Waals surface area contributed by atoms with E-state index < -0.39 is 0 Å². The zero-order valence-electron chi connectivity index (χ0n) is 10.8. The van der Waals surface area contributed by atoms with E-state index in [0.717, 1.165) is 0 Å². The summed E-state index contributed by atoms with van der Waals surface area (Å²) < 4.78 is 5.06. The van der Waals surface area contributed by atoms with Crippen molar-refractivity contribution < 1.29 is 9.53 Å². The number of amides is 1. The number of nitrogens with two attached hydrogens (primary N) is 1. The molecule has 1 aromatic carbocycles. The van der Waals surface area contributed by atoms with Gasteiger partial charge in [0, 0.05) is 19.3 Å². The number of nitrogen functional groups attached to an aromatic ring is 1. The predicted molar refractivity (Wildman–Crippen MR) is 69.1 cm³/mol. The number of methoxy groups -OCH3 is 1. The van der Waals surface area contributed by atoms with E-state index in [1.807, 2.05) is 0 Å². The molecule has 0 aliphatic heterocycles. The van der Waals surface area contributed by atoms with Crippen LogP contribution in [0.1, 0.15) is 17.3 Å². The third-order valence-corrected chi connectivity index (χ3v) is 2.61. The molecule has 18 heavy (non-hydrogen) atoms. The van der Waals surface area contributed by atoms with Gasteiger partial charge in [0.15, 0.2) is 0 Å². The SMILES string of the molecule is COc1ccc(N)c(C(=O)N(C)CC(C)C#N)c1. The van der Waals surface area contributed by atoms with Gasteiger partial charge in [0.25, 0.3) is 5.91 Å². The van der Waals surface area contributed by atoms with Crippen LogP contribution in [0.15, 0.2) is 18.2 Å². The van der Waals surface area contributed by atoms with Crippen molar-refractivity contribution >= 4 is 11.6 Å². The molecule has 1 amide bonds. The highest BCUT2D eigenvalue weighted by molar-refractivity contribution is 5.99. The number of rotatable bonds is 4. The highest BCUT2D eigenvalue weighted by Crippen LogP contribution is 2.21. The predicted octanol–water partition coefficient (Wildman–Crippen LogP) is 1.51. The van der Waals surface area contributed by atoms with Gasteiger partial charge in [-0.25, -0.2) is 0 Å². The zero-order valence-corrected chi connectivity index (χ0v) is 10.8. The molecule has 0 fully saturated rings. The lowest BCUT2D eigenvalue weighted by Crippen LogP contribution is -2.31. The maximum atomic E-state index is 12.2. The first-order valence-electron chi connectivity index (χ1n) is 5.58. The Morgan fingerprint density at radius 3 is 2.83 bits per heavy atom. The molecule has 1 rings (SSSR count). The van der Waals surface area contributed by atoms with E-state index in [-0.39, 0.29) is 11.8 Å². The van der Waals surface area contributed by atoms with Gasteiger partial charge in [-0.3, -0.25) is 4.79 Å². The minimum absolute atomic E-state index is 0.214. The summed E-state index contributed by atoms with van der Waals surface area (Å²) in [7, 11) is 3.18. The molecule has 1 aromatic rings. The molecule has 0 spiro atoms. The largest absolute Gasteiger partial charge is 0.497 e. The molecule has 1 atom stereocenters. The number of carbonyl (C=O) groups excluding carboxylic acids is 1. The van der Waals surface area contributed by atoms with Crippen LogP contribution >= 0.6 is 0 Å². The van der Waals surface area contributed by atoms with Crippen molar-refractivity contribution in [3.8, 4) is 11.8 Å². The topological polar surface area (TPSA) is 79.3 Å². The third kappa shape index (κ3) is 3.14. The van der Waals surface area contributed by atoms with Crippen molar-refractivity contribution in [3.05, 3.63) is 23.8 Å². The number of nitrogens with zero attached hydrogens (tertiary/aromatic N) is 2. The maximum absolute atomic E-state index is 12.2. The summed E-state index contributed by atoms with van der Waals surface area (Å²) in [6, 6.07) is 7.02. The fourth-order valence-corrected chi connectivity index (χ4v) is 1.59. The summed E-state index contributed by atoms with van der Waals surface area (Å²) in [6.07, 6.45) is 0. The highest BCUT2D eigenvalue weighted by atomic mass is 16.5. The zero-order chi connectivity index (χ0) is 13.7. The van der Waals surface area contributed by atoms with Crippen molar-refractivity contribution in [3.63, 3.8) is 0 Å². The van der Waals surface area contributed by atoms with E-state index in [1.165, 1.54) is 12.0 Å². The highest BCUT2D eigenvalue weighted by Gasteiger charge is 2.17. The Morgan fingerprint density at radius 2 is 2.28 bits per heavy atom. The Kier molecular flexibility index (Phi) is 4.55. The van der Waals surface area contributed by atoms with Crippen LogP contribution in [0.5, 0.6) is 5.75 Å². The molecular weight excluding hydrogens is 230 g/mol. The molecule has 0 bridgehead atoms. The number of benzene rings is 1. The monoisotopic (exact) mass is 247 g/mol. The van der Waals surface area contributed by atoms with Crippen LogP contribution in [-0.2, 0) is 0 Å². The van der Waals surface area contributed by atoms with E-state index in [4.69, 9.17) is 15.7 Å². The van der Waals surface area contributed by atoms with Gasteiger partial charge in [0.05, 0.1) is 24.7 Å². The number of anilines is 1. The molecule has 0 aliphatic rings. The second-order valence-electron chi connectivity index (χ2n) is 4.17. The Hall–Kier alpha value is -2.22. The Labute approximate surface area is 107 Å². The standard InChI is InChI=1S/C13H17N3O2/c1-9(7-14)8-16(2)13(17)11-6-10(18-3)4-5-12(11)15/h4-6,9H,8,15H2,1-3H3. The molecule has 0 aliphatic carbocycles. The summed E-state index contributed by atoms with van der Waals surface area (Å²) >= 11 is 0. The van der Waals surface area contributed by atoms with Crippen molar-refractivity contribution in [2.75, 3.05) is 26.4 Å². The van der Waals surface area contributed by atoms with Crippen molar-refractivity contribution in [1.82, 2.24) is 4.90 Å². The maximum Gasteiger partial charge on any atom is 0.255 e. The van der Waals surface area contributed by atoms with Gasteiger partial charge < -0.3 is 15.4 Å². The van der Waals surface area contributed by atoms with Gasteiger partial charge in [0.1, 0.15) is 5.75 Å². The van der Waals surface area contributed by atoms with Gasteiger partial charge in [-0.05, 0) is 25.1 Å². The Morgan fingerprint density at radius 1 is 1.61 bits per heavy atom. The fourth-order valence-electron chi connectivity index (χ4n) is 1.59. The lowest BCUT2D eigenvalue weighted by atomic mass is 10.1. The van der Waals surface area contributed by atoms with Crippen LogP contribution in [0.25, 0.3) is 0 Å². The quantitative estimate of drug-likeness (QED) is 0.818. The lowest BCUT2D eigenvalue weighted by Gasteiger charge is -2.19. The third-order valence-electron chi connectivity index (χ3n) is 2.61. The number of hydrogen-bond acceptors (Lipinski definition) is 4. The molecular formula is C13H17N3O2. The number of carbonyl (C=O) groups is 1. The molecule has 0 heterocycles. The molecule has 0 aromatic heterocycles. The molecule has 5 nitrogen and oxygen atoms in total. The molecule has 96 valence electrons. The van der Waals surface area contributed by atoms with Crippen molar-refractivity contribution in [2.45, 2.75) is 6.92 Å². The molecule has 1 unspecified atom stereocenters. The van der Waals surface area contributed by atoms with E-state index in [9.17, 15) is 4.79 Å². The normalized spacial score (nSPS) is 11.4. The summed E-state index contributed by atoms with van der Waals surface area (Å²) in [4.78, 5) is 13.7. The van der Waals surface area contributed by atoms with Gasteiger partial charge in [-0.15, -0.1) is 0 Å². The number of ether oxygens (including phenoxy) is 1. The first-order valence-corrected chi connectivity index (χ1v) is 5.58. The van der Waals surface area contributed by atoms with E-state index in [0.29, 0.717) is 23.5 Å². The van der Waals surface area contributed by atoms with Crippen LogP contribution in [0.3, 0.4) is 0 Å². The van der Waals surface area contributed by atoms with Crippen LogP contribution in [0.2, 0.25) is 0 Å². The second kappa shape index (κ2) is 5.92. The summed E-state index contributed by atoms with van der Waals surface area (Å²) in [6.45, 7) is 2.13. The minimum Gasteiger partial charge on any atom is -0.497 e. The first-order chi connectivity index (χ1) is 8.49. The Balaban J connectivity index is 2.93. The van der Waals surface area contributed by atoms with E-state index in [1.54, 1.807) is 32.2 Å². The van der Waals surface area contributed by atoms with Crippen LogP contribution in [-0.4, -0.2) is 31.5 Å².